The van der Waals surface area contributed by atoms with Gasteiger partial charge in [0.2, 0.25) is 0 Å². The van der Waals surface area contributed by atoms with Crippen LogP contribution in [0.4, 0.5) is 28.9 Å². The van der Waals surface area contributed by atoms with E-state index in [1.807, 2.05) is 0 Å². The molecule has 0 bridgehead atoms. The Kier molecular flexibility index (Phi) is 7.01. The van der Waals surface area contributed by atoms with Crippen LogP contribution in [0.5, 0.6) is 5.75 Å². The summed E-state index contributed by atoms with van der Waals surface area (Å²) in [5, 5.41) is 4.32. The largest absolute Gasteiger partial charge is 0.479 e. The summed E-state index contributed by atoms with van der Waals surface area (Å²) in [7, 11) is 0. The molecule has 0 atom stereocenters. The molecule has 0 fully saturated rings. The molecule has 0 saturated heterocycles. The number of hydrogen-bond donors (Lipinski definition) is 0. The molecule has 0 heterocycles. The predicted molar refractivity (Wildman–Crippen MR) is 98.5 cm³/mol. The van der Waals surface area contributed by atoms with Gasteiger partial charge in [0.1, 0.15) is 24.3 Å². The number of Topliss-reactive ketones (excluding diaryl/α,β-unsaturated/α-hetero) is 1. The summed E-state index contributed by atoms with van der Waals surface area (Å²) in [6.07, 6.45) is -5.03. The molecule has 0 aromatic heterocycles. The summed E-state index contributed by atoms with van der Waals surface area (Å²) >= 11 is 5.95. The molecule has 0 unspecified atom stereocenters. The number of rotatable bonds is 6. The number of hydrazone groups is 1. The van der Waals surface area contributed by atoms with E-state index in [-0.39, 0.29) is 35.0 Å². The quantitative estimate of drug-likeness (QED) is 0.286. The number of carbonyl (C=O) groups is 1. The van der Waals surface area contributed by atoms with Gasteiger partial charge in [0.05, 0.1) is 10.7 Å². The number of anilines is 2. The molecule has 0 aliphatic carbocycles. The highest BCUT2D eigenvalue weighted by Gasteiger charge is 2.37. The van der Waals surface area contributed by atoms with E-state index in [0.29, 0.717) is 0 Å². The van der Waals surface area contributed by atoms with E-state index < -0.39 is 17.8 Å². The minimum atomic E-state index is -5.10. The average molecular weight is 413 g/mol. The van der Waals surface area contributed by atoms with Gasteiger partial charge in [-0.25, -0.2) is 9.40 Å². The number of ketones is 1. The lowest BCUT2D eigenvalue weighted by atomic mass is 10.2. The lowest BCUT2D eigenvalue weighted by Crippen LogP contribution is -2.25. The molecule has 0 saturated carbocycles. The number of benzene rings is 2. The lowest BCUT2D eigenvalue weighted by Gasteiger charge is -2.21. The number of para-hydroxylation sites is 1. The normalized spacial score (nSPS) is 11.1. The van der Waals surface area contributed by atoms with Gasteiger partial charge in [-0.1, -0.05) is 35.7 Å². The molecule has 0 amide bonds. The third kappa shape index (κ3) is 5.47. The molecular formula is C19H13ClF4N2O2. The Morgan fingerprint density at radius 3 is 2.57 bits per heavy atom. The first-order valence-electron chi connectivity index (χ1n) is 7.75. The maximum Gasteiger partial charge on any atom is 0.455 e. The number of nitrogens with zero attached hydrogens (tertiary/aromatic N) is 2. The second kappa shape index (κ2) is 9.24. The number of carbonyl (C=O) groups excluding carboxylic acids is 1. The molecule has 0 aliphatic rings. The van der Waals surface area contributed by atoms with Gasteiger partial charge in [-0.2, -0.15) is 18.3 Å². The molecule has 28 heavy (non-hydrogen) atoms. The monoisotopic (exact) mass is 412 g/mol. The highest BCUT2D eigenvalue weighted by atomic mass is 35.5. The molecule has 2 rings (SSSR count). The van der Waals surface area contributed by atoms with Gasteiger partial charge in [-0.3, -0.25) is 4.79 Å². The van der Waals surface area contributed by atoms with Crippen molar-refractivity contribution in [1.82, 2.24) is 0 Å². The Hall–Kier alpha value is -3.05. The molecule has 0 aliphatic heterocycles. The summed E-state index contributed by atoms with van der Waals surface area (Å²) < 4.78 is 57.3. The first kappa shape index (κ1) is 21.3. The number of ether oxygens (including phenoxy) is 1. The zero-order valence-corrected chi connectivity index (χ0v) is 15.2. The van der Waals surface area contributed by atoms with Crippen LogP contribution in [0.1, 0.15) is 6.92 Å². The van der Waals surface area contributed by atoms with Crippen molar-refractivity contribution < 1.29 is 27.1 Å². The standard InChI is InChI=1S/C19H13ClF4N2O2/c1-2-3-9-28-17-11-16(15(21)10-14(17)20)26(13-7-5-4-6-8-13)25-12-18(27)19(22,23)24/h4-8,10-12H,9H2,1H3. The smallest absolute Gasteiger partial charge is 0.455 e. The fourth-order valence-electron chi connectivity index (χ4n) is 2.00. The fraction of sp³-hybridized carbons (Fsp3) is 0.158. The van der Waals surface area contributed by atoms with Crippen LogP contribution in [0.3, 0.4) is 0 Å². The number of hydrogen-bond acceptors (Lipinski definition) is 4. The maximum atomic E-state index is 14.5. The van der Waals surface area contributed by atoms with Crippen LogP contribution in [0.25, 0.3) is 0 Å². The van der Waals surface area contributed by atoms with Gasteiger partial charge < -0.3 is 4.74 Å². The Morgan fingerprint density at radius 1 is 1.29 bits per heavy atom. The SMILES string of the molecule is CC#CCOc1cc(N(N=CC(=O)C(F)(F)F)c2ccccc2)c(F)cc1Cl. The van der Waals surface area contributed by atoms with Crippen LogP contribution in [-0.4, -0.2) is 24.8 Å². The minimum absolute atomic E-state index is 0.0253. The third-order valence-corrected chi connectivity index (χ3v) is 3.57. The van der Waals surface area contributed by atoms with Crippen molar-refractivity contribution in [2.75, 3.05) is 11.6 Å². The van der Waals surface area contributed by atoms with Crippen LogP contribution in [-0.2, 0) is 4.79 Å². The Morgan fingerprint density at radius 2 is 1.96 bits per heavy atom. The molecule has 0 N–H and O–H groups in total. The molecule has 2 aromatic carbocycles. The fourth-order valence-corrected chi connectivity index (χ4v) is 2.20. The molecule has 9 heteroatoms. The highest BCUT2D eigenvalue weighted by Crippen LogP contribution is 2.36. The van der Waals surface area contributed by atoms with Gasteiger partial charge in [0.15, 0.2) is 5.82 Å². The summed E-state index contributed by atoms with van der Waals surface area (Å²) in [5.74, 6) is 2.24. The summed E-state index contributed by atoms with van der Waals surface area (Å²) in [4.78, 5) is 11.2. The number of halogens is 5. The Balaban J connectivity index is 2.51. The van der Waals surface area contributed by atoms with Crippen molar-refractivity contribution in [2.24, 2.45) is 5.10 Å². The van der Waals surface area contributed by atoms with E-state index in [0.717, 1.165) is 17.1 Å². The molecule has 4 nitrogen and oxygen atoms in total. The predicted octanol–water partition coefficient (Wildman–Crippen LogP) is 5.14. The first-order chi connectivity index (χ1) is 13.2. The zero-order chi connectivity index (χ0) is 20.7. The molecule has 2 aromatic rings. The third-order valence-electron chi connectivity index (χ3n) is 3.28. The van der Waals surface area contributed by atoms with E-state index in [9.17, 15) is 22.4 Å². The number of alkyl halides is 3. The van der Waals surface area contributed by atoms with Gasteiger partial charge in [0.25, 0.3) is 5.78 Å². The molecule has 0 spiro atoms. The summed E-state index contributed by atoms with van der Waals surface area (Å²) in [6.45, 7) is 1.58. The second-order valence-electron chi connectivity index (χ2n) is 5.20. The second-order valence-corrected chi connectivity index (χ2v) is 5.61. The van der Waals surface area contributed by atoms with E-state index in [2.05, 4.69) is 16.9 Å². The van der Waals surface area contributed by atoms with E-state index >= 15 is 0 Å². The zero-order valence-electron chi connectivity index (χ0n) is 14.4. The van der Waals surface area contributed by atoms with Crippen molar-refractivity contribution in [3.05, 3.63) is 53.3 Å². The van der Waals surface area contributed by atoms with E-state index in [1.54, 1.807) is 25.1 Å². The van der Waals surface area contributed by atoms with Crippen LogP contribution >= 0.6 is 11.6 Å². The van der Waals surface area contributed by atoms with Crippen LogP contribution < -0.4 is 9.75 Å². The van der Waals surface area contributed by atoms with Gasteiger partial charge >= 0.3 is 6.18 Å². The molecular weight excluding hydrogens is 400 g/mol. The van der Waals surface area contributed by atoms with Crippen molar-refractivity contribution in [1.29, 1.82) is 0 Å². The maximum absolute atomic E-state index is 14.5. The average Bonchev–Trinajstić information content (AvgIpc) is 2.64. The van der Waals surface area contributed by atoms with Crippen molar-refractivity contribution in [3.63, 3.8) is 0 Å². The van der Waals surface area contributed by atoms with Crippen molar-refractivity contribution in [3.8, 4) is 17.6 Å². The Labute approximate surface area is 163 Å². The minimum Gasteiger partial charge on any atom is -0.479 e. The lowest BCUT2D eigenvalue weighted by molar-refractivity contribution is -0.162. The van der Waals surface area contributed by atoms with E-state index in [4.69, 9.17) is 16.3 Å². The van der Waals surface area contributed by atoms with Crippen LogP contribution in [0.2, 0.25) is 5.02 Å². The molecule has 146 valence electrons. The van der Waals surface area contributed by atoms with Crippen LogP contribution in [0, 0.1) is 17.7 Å². The summed E-state index contributed by atoms with van der Waals surface area (Å²) in [5.41, 5.74) is -0.0458. The summed E-state index contributed by atoms with van der Waals surface area (Å²) in [6, 6.07) is 9.86. The van der Waals surface area contributed by atoms with E-state index in [1.165, 1.54) is 12.1 Å². The Bertz CT molecular complexity index is 935. The van der Waals surface area contributed by atoms with Crippen molar-refractivity contribution in [2.45, 2.75) is 13.1 Å². The van der Waals surface area contributed by atoms with Crippen LogP contribution in [0.15, 0.2) is 47.6 Å². The molecule has 0 radical (unpaired) electrons. The van der Waals surface area contributed by atoms with Gasteiger partial charge in [-0.15, -0.1) is 5.92 Å². The van der Waals surface area contributed by atoms with Gasteiger partial charge in [0, 0.05) is 6.07 Å². The van der Waals surface area contributed by atoms with Crippen molar-refractivity contribution >= 4 is 35.0 Å². The topological polar surface area (TPSA) is 41.9 Å². The highest BCUT2D eigenvalue weighted by molar-refractivity contribution is 6.32. The first-order valence-corrected chi connectivity index (χ1v) is 8.13. The van der Waals surface area contributed by atoms with Gasteiger partial charge in [-0.05, 0) is 25.1 Å².